The van der Waals surface area contributed by atoms with Crippen molar-refractivity contribution in [2.45, 2.75) is 6.42 Å². The van der Waals surface area contributed by atoms with E-state index in [1.54, 1.807) is 18.5 Å². The molecule has 2 N–H and O–H groups in total. The SMILES string of the molecule is O=C(C[C@H](CN1CCN(c2ncccn2)CC1)C(=O)O)Nc1ccc(F)cc1. The van der Waals surface area contributed by atoms with Crippen molar-refractivity contribution in [1.82, 2.24) is 14.9 Å². The summed E-state index contributed by atoms with van der Waals surface area (Å²) >= 11 is 0. The molecule has 1 amide bonds. The van der Waals surface area contributed by atoms with Gasteiger partial charge in [-0.25, -0.2) is 14.4 Å². The number of rotatable bonds is 7. The molecule has 0 bridgehead atoms. The van der Waals surface area contributed by atoms with E-state index in [4.69, 9.17) is 0 Å². The van der Waals surface area contributed by atoms with Crippen molar-refractivity contribution >= 4 is 23.5 Å². The molecule has 2 aromatic rings. The van der Waals surface area contributed by atoms with Gasteiger partial charge in [0.1, 0.15) is 5.82 Å². The van der Waals surface area contributed by atoms with Crippen LogP contribution in [0, 0.1) is 11.7 Å². The molecule has 148 valence electrons. The minimum Gasteiger partial charge on any atom is -0.481 e. The molecule has 0 radical (unpaired) electrons. The van der Waals surface area contributed by atoms with Crippen molar-refractivity contribution in [3.8, 4) is 0 Å². The second kappa shape index (κ2) is 9.23. The lowest BCUT2D eigenvalue weighted by Crippen LogP contribution is -2.49. The number of hydrogen-bond acceptors (Lipinski definition) is 6. The predicted molar refractivity (Wildman–Crippen MR) is 101 cm³/mol. The fourth-order valence-electron chi connectivity index (χ4n) is 3.10. The number of aliphatic carboxylic acids is 1. The molecule has 28 heavy (non-hydrogen) atoms. The van der Waals surface area contributed by atoms with Gasteiger partial charge >= 0.3 is 5.97 Å². The van der Waals surface area contributed by atoms with Gasteiger partial charge in [-0.3, -0.25) is 14.5 Å². The number of carbonyl (C=O) groups excluding carboxylic acids is 1. The number of nitrogens with zero attached hydrogens (tertiary/aromatic N) is 4. The third-order valence-corrected chi connectivity index (χ3v) is 4.59. The second-order valence-electron chi connectivity index (χ2n) is 6.63. The normalized spacial score (nSPS) is 15.8. The monoisotopic (exact) mass is 387 g/mol. The Hall–Kier alpha value is -3.07. The zero-order chi connectivity index (χ0) is 19.9. The van der Waals surface area contributed by atoms with Crippen LogP contribution in [-0.4, -0.2) is 64.6 Å². The van der Waals surface area contributed by atoms with E-state index < -0.39 is 23.6 Å². The third kappa shape index (κ3) is 5.46. The molecular weight excluding hydrogens is 365 g/mol. The molecule has 1 aliphatic rings. The maximum Gasteiger partial charge on any atom is 0.308 e. The van der Waals surface area contributed by atoms with Crippen LogP contribution < -0.4 is 10.2 Å². The minimum absolute atomic E-state index is 0.144. The van der Waals surface area contributed by atoms with E-state index >= 15 is 0 Å². The van der Waals surface area contributed by atoms with E-state index in [1.165, 1.54) is 24.3 Å². The van der Waals surface area contributed by atoms with Crippen molar-refractivity contribution in [3.63, 3.8) is 0 Å². The van der Waals surface area contributed by atoms with Gasteiger partial charge in [-0.15, -0.1) is 0 Å². The first-order valence-electron chi connectivity index (χ1n) is 9.04. The first kappa shape index (κ1) is 19.7. The third-order valence-electron chi connectivity index (χ3n) is 4.59. The first-order chi connectivity index (χ1) is 13.5. The maximum absolute atomic E-state index is 12.9. The summed E-state index contributed by atoms with van der Waals surface area (Å²) in [6.45, 7) is 3.01. The number of hydrogen-bond donors (Lipinski definition) is 2. The van der Waals surface area contributed by atoms with Crippen molar-refractivity contribution in [3.05, 3.63) is 48.5 Å². The number of amides is 1. The summed E-state index contributed by atoms with van der Waals surface area (Å²) < 4.78 is 12.9. The summed E-state index contributed by atoms with van der Waals surface area (Å²) in [5.74, 6) is -1.98. The summed E-state index contributed by atoms with van der Waals surface area (Å²) in [5, 5.41) is 12.1. The van der Waals surface area contributed by atoms with Gasteiger partial charge in [-0.2, -0.15) is 0 Å². The van der Waals surface area contributed by atoms with Gasteiger partial charge in [0.05, 0.1) is 5.92 Å². The first-order valence-corrected chi connectivity index (χ1v) is 9.04. The lowest BCUT2D eigenvalue weighted by atomic mass is 10.0. The molecule has 1 fully saturated rings. The summed E-state index contributed by atoms with van der Waals surface area (Å²) in [6, 6.07) is 7.11. The van der Waals surface area contributed by atoms with Crippen LogP contribution in [0.2, 0.25) is 0 Å². The topological polar surface area (TPSA) is 98.7 Å². The highest BCUT2D eigenvalue weighted by atomic mass is 19.1. The minimum atomic E-state index is -1.01. The van der Waals surface area contributed by atoms with Gasteiger partial charge < -0.3 is 15.3 Å². The number of carbonyl (C=O) groups is 2. The Balaban J connectivity index is 1.50. The van der Waals surface area contributed by atoms with Crippen LogP contribution in [0.5, 0.6) is 0 Å². The Morgan fingerprint density at radius 3 is 2.36 bits per heavy atom. The van der Waals surface area contributed by atoms with E-state index in [0.717, 1.165) is 0 Å². The number of halogens is 1. The van der Waals surface area contributed by atoms with Crippen LogP contribution in [0.3, 0.4) is 0 Å². The Kier molecular flexibility index (Phi) is 6.49. The standard InChI is InChI=1S/C19H22FN5O3/c20-15-2-4-16(5-3-15)23-17(26)12-14(18(27)28)13-24-8-10-25(11-9-24)19-21-6-1-7-22-19/h1-7,14H,8-13H2,(H,23,26)(H,27,28)/t14-/m1/s1. The quantitative estimate of drug-likeness (QED) is 0.742. The molecule has 2 heterocycles. The van der Waals surface area contributed by atoms with E-state index in [-0.39, 0.29) is 13.0 Å². The molecule has 0 aliphatic carbocycles. The number of carboxylic acid groups (broad SMARTS) is 1. The van der Waals surface area contributed by atoms with Gasteiger partial charge in [0.2, 0.25) is 11.9 Å². The molecule has 1 saturated heterocycles. The fraction of sp³-hybridized carbons (Fsp3) is 0.368. The average Bonchev–Trinajstić information content (AvgIpc) is 2.70. The highest BCUT2D eigenvalue weighted by Gasteiger charge is 2.27. The van der Waals surface area contributed by atoms with Crippen LogP contribution in [0.15, 0.2) is 42.7 Å². The van der Waals surface area contributed by atoms with E-state index in [0.29, 0.717) is 37.8 Å². The van der Waals surface area contributed by atoms with Crippen molar-refractivity contribution in [1.29, 1.82) is 0 Å². The van der Waals surface area contributed by atoms with Crippen molar-refractivity contribution in [2.75, 3.05) is 42.9 Å². The van der Waals surface area contributed by atoms with Crippen LogP contribution >= 0.6 is 0 Å². The molecule has 9 heteroatoms. The predicted octanol–water partition coefficient (Wildman–Crippen LogP) is 1.47. The number of aromatic nitrogens is 2. The number of carboxylic acids is 1. The molecule has 0 saturated carbocycles. The average molecular weight is 387 g/mol. The molecule has 1 atom stereocenters. The molecule has 8 nitrogen and oxygen atoms in total. The lowest BCUT2D eigenvalue weighted by molar-refractivity contribution is -0.144. The molecular formula is C19H22FN5O3. The van der Waals surface area contributed by atoms with E-state index in [9.17, 15) is 19.1 Å². The fourth-order valence-corrected chi connectivity index (χ4v) is 3.10. The summed E-state index contributed by atoms with van der Waals surface area (Å²) in [4.78, 5) is 36.3. The molecule has 1 aromatic heterocycles. The zero-order valence-corrected chi connectivity index (χ0v) is 15.3. The maximum atomic E-state index is 12.9. The van der Waals surface area contributed by atoms with Crippen LogP contribution in [-0.2, 0) is 9.59 Å². The Morgan fingerprint density at radius 1 is 1.11 bits per heavy atom. The smallest absolute Gasteiger partial charge is 0.308 e. The highest BCUT2D eigenvalue weighted by Crippen LogP contribution is 2.15. The summed E-state index contributed by atoms with van der Waals surface area (Å²) in [6.07, 6.45) is 3.23. The van der Waals surface area contributed by atoms with Crippen LogP contribution in [0.1, 0.15) is 6.42 Å². The second-order valence-corrected chi connectivity index (χ2v) is 6.63. The van der Waals surface area contributed by atoms with Gasteiger partial charge in [-0.05, 0) is 30.3 Å². The van der Waals surface area contributed by atoms with Gasteiger partial charge in [0, 0.05) is 57.2 Å². The Bertz CT molecular complexity index is 795. The van der Waals surface area contributed by atoms with Crippen molar-refractivity contribution in [2.24, 2.45) is 5.92 Å². The van der Waals surface area contributed by atoms with E-state index in [2.05, 4.69) is 15.3 Å². The molecule has 1 aliphatic heterocycles. The highest BCUT2D eigenvalue weighted by molar-refractivity contribution is 5.93. The summed E-state index contributed by atoms with van der Waals surface area (Å²) in [7, 11) is 0. The number of benzene rings is 1. The lowest BCUT2D eigenvalue weighted by Gasteiger charge is -2.35. The largest absolute Gasteiger partial charge is 0.481 e. The van der Waals surface area contributed by atoms with Crippen LogP contribution in [0.4, 0.5) is 16.0 Å². The van der Waals surface area contributed by atoms with Gasteiger partial charge in [0.15, 0.2) is 0 Å². The molecule has 3 rings (SSSR count). The Labute approximate surface area is 162 Å². The van der Waals surface area contributed by atoms with Crippen molar-refractivity contribution < 1.29 is 19.1 Å². The van der Waals surface area contributed by atoms with Gasteiger partial charge in [-0.1, -0.05) is 0 Å². The summed E-state index contributed by atoms with van der Waals surface area (Å²) in [5.41, 5.74) is 0.437. The van der Waals surface area contributed by atoms with Crippen LogP contribution in [0.25, 0.3) is 0 Å². The number of nitrogens with one attached hydrogen (secondary N) is 1. The Morgan fingerprint density at radius 2 is 1.75 bits per heavy atom. The number of piperazine rings is 1. The number of anilines is 2. The van der Waals surface area contributed by atoms with Gasteiger partial charge in [0.25, 0.3) is 0 Å². The van der Waals surface area contributed by atoms with E-state index in [1.807, 2.05) is 9.80 Å². The molecule has 0 unspecified atom stereocenters. The molecule has 0 spiro atoms. The molecule has 1 aromatic carbocycles. The zero-order valence-electron chi connectivity index (χ0n) is 15.3.